The molecule has 1 fully saturated rings. The van der Waals surface area contributed by atoms with Crippen molar-refractivity contribution in [3.63, 3.8) is 0 Å². The van der Waals surface area contributed by atoms with E-state index in [0.717, 1.165) is 22.6 Å². The third-order valence-electron chi connectivity index (χ3n) is 3.99. The Morgan fingerprint density at radius 2 is 2.20 bits per heavy atom. The Morgan fingerprint density at radius 3 is 2.80 bits per heavy atom. The molecule has 16 heteroatoms. The highest BCUT2D eigenvalue weighted by molar-refractivity contribution is 8.00. The number of aliphatic carboxylic acids is 1. The van der Waals surface area contributed by atoms with Gasteiger partial charge < -0.3 is 27.2 Å². The van der Waals surface area contributed by atoms with Gasteiger partial charge >= 0.3 is 5.97 Å². The number of hydrazone groups is 2. The number of fused-ring (bicyclic) bond motifs is 1. The molecule has 158 valence electrons. The van der Waals surface area contributed by atoms with Gasteiger partial charge in [-0.1, -0.05) is 5.16 Å². The summed E-state index contributed by atoms with van der Waals surface area (Å²) < 4.78 is 0. The molecule has 0 spiro atoms. The summed E-state index contributed by atoms with van der Waals surface area (Å²) in [6, 6.07) is -1.01. The minimum absolute atomic E-state index is 0.0514. The van der Waals surface area contributed by atoms with Gasteiger partial charge in [0.1, 0.15) is 29.1 Å². The Kier molecular flexibility index (Phi) is 6.17. The summed E-state index contributed by atoms with van der Waals surface area (Å²) in [6.07, 6.45) is 2.34. The van der Waals surface area contributed by atoms with E-state index in [1.807, 2.05) is 0 Å². The molecule has 0 radical (unpaired) electrons. The number of rotatable bonds is 7. The van der Waals surface area contributed by atoms with E-state index in [4.69, 9.17) is 16.8 Å². The number of carboxylic acids is 1. The quantitative estimate of drug-likeness (QED) is 0.0673. The summed E-state index contributed by atoms with van der Waals surface area (Å²) in [6.45, 7) is 0. The molecule has 0 aromatic carbocycles. The van der Waals surface area contributed by atoms with Gasteiger partial charge in [0, 0.05) is 16.7 Å². The van der Waals surface area contributed by atoms with Gasteiger partial charge in [-0.15, -0.1) is 23.1 Å². The number of aromatic nitrogens is 1. The number of carbonyl (C=O) groups excluding carboxylic acids is 2. The van der Waals surface area contributed by atoms with E-state index in [2.05, 4.69) is 31.1 Å². The molecule has 30 heavy (non-hydrogen) atoms. The normalized spacial score (nSPS) is 21.7. The third-order valence-corrected chi connectivity index (χ3v) is 5.97. The molecule has 8 N–H and O–H groups in total. The SMILES string of the molecule is NN=CNN=CC1=C(C(=O)O)N2C(=O)C(NC(=O)/C(=N\O)c3csc(N)n3)[C@H]2SC1. The maximum Gasteiger partial charge on any atom is 0.353 e. The lowest BCUT2D eigenvalue weighted by molar-refractivity contribution is -0.150. The van der Waals surface area contributed by atoms with Crippen molar-refractivity contribution in [2.45, 2.75) is 11.4 Å². The number of hydrogen-bond donors (Lipinski definition) is 6. The number of amides is 2. The number of thiazole rings is 1. The third kappa shape index (κ3) is 3.90. The predicted octanol–water partition coefficient (Wildman–Crippen LogP) is -1.88. The molecule has 1 aromatic rings. The maximum absolute atomic E-state index is 12.6. The van der Waals surface area contributed by atoms with Gasteiger partial charge in [-0.25, -0.2) is 9.78 Å². The first-order valence-corrected chi connectivity index (χ1v) is 9.97. The zero-order chi connectivity index (χ0) is 21.8. The molecular formula is C14H15N9O5S2. The molecule has 0 saturated carbocycles. The summed E-state index contributed by atoms with van der Waals surface area (Å²) in [5.74, 6) is 2.34. The van der Waals surface area contributed by atoms with E-state index in [1.165, 1.54) is 23.4 Å². The lowest BCUT2D eigenvalue weighted by Gasteiger charge is -2.49. The van der Waals surface area contributed by atoms with Gasteiger partial charge in [0.15, 0.2) is 10.8 Å². The van der Waals surface area contributed by atoms with Gasteiger partial charge in [-0.05, 0) is 0 Å². The smallest absolute Gasteiger partial charge is 0.353 e. The van der Waals surface area contributed by atoms with Crippen LogP contribution in [0.1, 0.15) is 5.69 Å². The van der Waals surface area contributed by atoms with Crippen LogP contribution in [0.5, 0.6) is 0 Å². The van der Waals surface area contributed by atoms with Gasteiger partial charge in [-0.2, -0.15) is 10.2 Å². The Hall–Kier alpha value is -3.66. The molecule has 0 bridgehead atoms. The fraction of sp³-hybridized carbons (Fsp3) is 0.214. The van der Waals surface area contributed by atoms with E-state index >= 15 is 0 Å². The standard InChI is InChI=1S/C14H15N9O5S2/c15-14-20-6(3-30-14)7(22-28)10(24)21-8-11(25)23-9(13(26)27)5(2-29-12(8)23)1-18-19-4-17-16/h1,3-4,8,12,28H,2,16H2,(H2,15,20)(H,17,19)(H,21,24)(H,26,27)/b18-1?,22-7-/t8?,12-/m1/s1. The second-order valence-corrected chi connectivity index (χ2v) is 7.72. The van der Waals surface area contributed by atoms with Crippen LogP contribution in [-0.2, 0) is 14.4 Å². The number of thioether (sulfide) groups is 1. The van der Waals surface area contributed by atoms with Gasteiger partial charge in [0.2, 0.25) is 0 Å². The first-order chi connectivity index (χ1) is 14.4. The highest BCUT2D eigenvalue weighted by atomic mass is 32.2. The number of hydrogen-bond acceptors (Lipinski definition) is 12. The molecule has 3 rings (SSSR count). The summed E-state index contributed by atoms with van der Waals surface area (Å²) in [7, 11) is 0. The average Bonchev–Trinajstić information content (AvgIpc) is 3.15. The van der Waals surface area contributed by atoms with Crippen LogP contribution in [0.4, 0.5) is 5.13 Å². The molecule has 2 atom stereocenters. The molecule has 1 aromatic heterocycles. The lowest BCUT2D eigenvalue weighted by atomic mass is 10.0. The van der Waals surface area contributed by atoms with E-state index in [0.29, 0.717) is 0 Å². The number of carboxylic acid groups (broad SMARTS) is 1. The molecule has 0 aliphatic carbocycles. The molecule has 14 nitrogen and oxygen atoms in total. The van der Waals surface area contributed by atoms with Crippen LogP contribution in [-0.4, -0.2) is 73.4 Å². The van der Waals surface area contributed by atoms with Gasteiger partial charge in [0.25, 0.3) is 11.8 Å². The van der Waals surface area contributed by atoms with Crippen molar-refractivity contribution in [3.8, 4) is 0 Å². The average molecular weight is 453 g/mol. The zero-order valence-corrected chi connectivity index (χ0v) is 16.6. The first-order valence-electron chi connectivity index (χ1n) is 8.04. The molecule has 1 unspecified atom stereocenters. The minimum Gasteiger partial charge on any atom is -0.477 e. The molecule has 2 amide bonds. The number of nitrogens with zero attached hydrogens (tertiary/aromatic N) is 5. The van der Waals surface area contributed by atoms with E-state index in [-0.39, 0.29) is 27.8 Å². The van der Waals surface area contributed by atoms with Crippen LogP contribution < -0.4 is 22.3 Å². The highest BCUT2D eigenvalue weighted by Gasteiger charge is 2.54. The highest BCUT2D eigenvalue weighted by Crippen LogP contribution is 2.39. The number of nitrogens with one attached hydrogen (secondary N) is 2. The number of carbonyl (C=O) groups is 3. The summed E-state index contributed by atoms with van der Waals surface area (Å²) in [4.78, 5) is 41.7. The maximum atomic E-state index is 12.6. The fourth-order valence-corrected chi connectivity index (χ4v) is 4.59. The second kappa shape index (κ2) is 8.78. The summed E-state index contributed by atoms with van der Waals surface area (Å²) >= 11 is 2.28. The van der Waals surface area contributed by atoms with Crippen molar-refractivity contribution >= 4 is 64.3 Å². The Labute approximate surface area is 176 Å². The van der Waals surface area contributed by atoms with E-state index in [9.17, 15) is 19.5 Å². The second-order valence-electron chi connectivity index (χ2n) is 5.72. The topological polar surface area (TPSA) is 221 Å². The molecule has 2 aliphatic rings. The number of oxime groups is 1. The monoisotopic (exact) mass is 453 g/mol. The first kappa shape index (κ1) is 21.1. The van der Waals surface area contributed by atoms with Crippen LogP contribution in [0, 0.1) is 0 Å². The van der Waals surface area contributed by atoms with Crippen molar-refractivity contribution in [1.82, 2.24) is 20.6 Å². The lowest BCUT2D eigenvalue weighted by Crippen LogP contribution is -2.71. The van der Waals surface area contributed by atoms with E-state index < -0.39 is 34.9 Å². The molecule has 2 aliphatic heterocycles. The van der Waals surface area contributed by atoms with Crippen molar-refractivity contribution in [1.29, 1.82) is 0 Å². The van der Waals surface area contributed by atoms with Crippen molar-refractivity contribution in [3.05, 3.63) is 22.3 Å². The number of anilines is 1. The minimum atomic E-state index is -1.32. The Morgan fingerprint density at radius 1 is 1.43 bits per heavy atom. The summed E-state index contributed by atoms with van der Waals surface area (Å²) in [5, 5.41) is 32.0. The zero-order valence-electron chi connectivity index (χ0n) is 14.9. The summed E-state index contributed by atoms with van der Waals surface area (Å²) in [5.41, 5.74) is 7.57. The van der Waals surface area contributed by atoms with Crippen LogP contribution in [0.3, 0.4) is 0 Å². The number of nitrogen functional groups attached to an aromatic ring is 1. The van der Waals surface area contributed by atoms with Crippen LogP contribution >= 0.6 is 23.1 Å². The Bertz CT molecular complexity index is 1000. The van der Waals surface area contributed by atoms with Crippen molar-refractivity contribution < 1.29 is 24.7 Å². The molecular weight excluding hydrogens is 438 g/mol. The van der Waals surface area contributed by atoms with Crippen LogP contribution in [0.2, 0.25) is 0 Å². The molecule has 1 saturated heterocycles. The fourth-order valence-electron chi connectivity index (χ4n) is 2.74. The molecule has 3 heterocycles. The van der Waals surface area contributed by atoms with Crippen LogP contribution in [0.25, 0.3) is 0 Å². The van der Waals surface area contributed by atoms with Crippen LogP contribution in [0.15, 0.2) is 32.0 Å². The van der Waals surface area contributed by atoms with Crippen molar-refractivity contribution in [2.75, 3.05) is 11.5 Å². The number of nitrogens with two attached hydrogens (primary N) is 2. The largest absolute Gasteiger partial charge is 0.477 e. The predicted molar refractivity (Wildman–Crippen MR) is 109 cm³/mol. The Balaban J connectivity index is 1.76. The number of β-lactam (4-membered cyclic amide) rings is 1. The van der Waals surface area contributed by atoms with Gasteiger partial charge in [-0.3, -0.25) is 19.9 Å². The van der Waals surface area contributed by atoms with Gasteiger partial charge in [0.05, 0.1) is 6.21 Å². The van der Waals surface area contributed by atoms with E-state index in [1.54, 1.807) is 0 Å². The van der Waals surface area contributed by atoms with Crippen molar-refractivity contribution in [2.24, 2.45) is 21.2 Å².